The van der Waals surface area contributed by atoms with Gasteiger partial charge in [-0.25, -0.2) is 0 Å². The van der Waals surface area contributed by atoms with E-state index in [1.165, 1.54) is 5.69 Å². The summed E-state index contributed by atoms with van der Waals surface area (Å²) in [7, 11) is 3.32. The summed E-state index contributed by atoms with van der Waals surface area (Å²) in [5.74, 6) is 3.30. The molecule has 2 aromatic carbocycles. The summed E-state index contributed by atoms with van der Waals surface area (Å²) in [6, 6.07) is 19.4. The average Bonchev–Trinajstić information content (AvgIpc) is 3.39. The predicted octanol–water partition coefficient (Wildman–Crippen LogP) is 3.54. The molecule has 4 aromatic rings. The number of anilines is 2. The highest BCUT2D eigenvalue weighted by Crippen LogP contribution is 2.25. The van der Waals surface area contributed by atoms with Crippen LogP contribution in [0.25, 0.3) is 23.0 Å². The van der Waals surface area contributed by atoms with Gasteiger partial charge in [-0.15, -0.1) is 10.2 Å². The summed E-state index contributed by atoms with van der Waals surface area (Å²) in [6.07, 6.45) is 0. The number of piperazine rings is 1. The third-order valence-corrected chi connectivity index (χ3v) is 5.67. The fraction of sp³-hybridized carbons (Fsp3) is 0.250. The van der Waals surface area contributed by atoms with Gasteiger partial charge in [0.1, 0.15) is 11.5 Å². The molecule has 0 aliphatic carbocycles. The maximum atomic E-state index is 5.40. The van der Waals surface area contributed by atoms with Crippen LogP contribution >= 0.6 is 0 Å². The topological polar surface area (TPSA) is 89.6 Å². The quantitative estimate of drug-likeness (QED) is 0.443. The van der Waals surface area contributed by atoms with Gasteiger partial charge in [0, 0.05) is 43.5 Å². The Kier molecular flexibility index (Phi) is 5.75. The first-order valence-electron chi connectivity index (χ1n) is 10.7. The molecule has 0 saturated carbocycles. The fourth-order valence-corrected chi connectivity index (χ4v) is 3.79. The molecular weight excluding hydrogens is 420 g/mol. The minimum absolute atomic E-state index is 0.336. The summed E-state index contributed by atoms with van der Waals surface area (Å²) < 4.78 is 15.9. The molecule has 1 fully saturated rings. The molecule has 0 atom stereocenters. The molecule has 9 heteroatoms. The smallest absolute Gasteiger partial charge is 0.278 e. The molecule has 0 N–H and O–H groups in total. The van der Waals surface area contributed by atoms with E-state index in [9.17, 15) is 0 Å². The maximum absolute atomic E-state index is 5.40. The van der Waals surface area contributed by atoms with Gasteiger partial charge in [0.15, 0.2) is 11.5 Å². The first kappa shape index (κ1) is 20.7. The summed E-state index contributed by atoms with van der Waals surface area (Å²) in [6.45, 7) is 3.50. The van der Waals surface area contributed by atoms with Gasteiger partial charge in [0.25, 0.3) is 5.89 Å². The van der Waals surface area contributed by atoms with Crippen molar-refractivity contribution < 1.29 is 14.0 Å². The molecule has 1 aliphatic heterocycles. The molecule has 1 aliphatic rings. The van der Waals surface area contributed by atoms with Crippen molar-refractivity contribution >= 4 is 11.5 Å². The number of ether oxygens (including phenoxy) is 2. The summed E-state index contributed by atoms with van der Waals surface area (Å²) >= 11 is 0. The van der Waals surface area contributed by atoms with E-state index in [4.69, 9.17) is 14.0 Å². The molecule has 1 saturated heterocycles. The van der Waals surface area contributed by atoms with Crippen molar-refractivity contribution in [2.45, 2.75) is 0 Å². The van der Waals surface area contributed by atoms with Crippen molar-refractivity contribution in [3.05, 3.63) is 60.7 Å². The Balaban J connectivity index is 1.23. The van der Waals surface area contributed by atoms with E-state index in [1.54, 1.807) is 14.2 Å². The van der Waals surface area contributed by atoms with Gasteiger partial charge in [-0.05, 0) is 48.5 Å². The molecule has 33 heavy (non-hydrogen) atoms. The molecule has 0 unspecified atom stereocenters. The lowest BCUT2D eigenvalue weighted by Crippen LogP contribution is -2.46. The highest BCUT2D eigenvalue weighted by molar-refractivity contribution is 5.59. The van der Waals surface area contributed by atoms with Crippen molar-refractivity contribution in [2.75, 3.05) is 50.2 Å². The lowest BCUT2D eigenvalue weighted by atomic mass is 10.2. The second kappa shape index (κ2) is 9.15. The number of hydrogen-bond donors (Lipinski definition) is 0. The second-order valence-electron chi connectivity index (χ2n) is 7.60. The zero-order valence-corrected chi connectivity index (χ0v) is 18.5. The normalized spacial score (nSPS) is 13.8. The molecule has 0 bridgehead atoms. The second-order valence-corrected chi connectivity index (χ2v) is 7.60. The molecule has 9 nitrogen and oxygen atoms in total. The standard InChI is InChI=1S/C24H24N6O3/c1-31-19-8-6-17(7-9-19)23-25-24(33-28-23)21-10-11-22(27-26-21)30-14-12-29(13-15-30)18-4-3-5-20(16-18)32-2/h3-11,16H,12-15H2,1-2H3. The van der Waals surface area contributed by atoms with E-state index < -0.39 is 0 Å². The van der Waals surface area contributed by atoms with Gasteiger partial charge in [-0.1, -0.05) is 11.2 Å². The number of hydrogen-bond acceptors (Lipinski definition) is 9. The SMILES string of the molecule is COc1ccc(-c2noc(-c3ccc(N4CCN(c5cccc(OC)c5)CC4)nn3)n2)cc1. The van der Waals surface area contributed by atoms with Crippen molar-refractivity contribution in [3.8, 4) is 34.5 Å². The molecule has 3 heterocycles. The first-order chi connectivity index (χ1) is 16.2. The van der Waals surface area contributed by atoms with E-state index in [0.29, 0.717) is 17.4 Å². The predicted molar refractivity (Wildman–Crippen MR) is 125 cm³/mol. The average molecular weight is 444 g/mol. The number of methoxy groups -OCH3 is 2. The van der Waals surface area contributed by atoms with Crippen LogP contribution in [0.15, 0.2) is 65.2 Å². The van der Waals surface area contributed by atoms with Crippen LogP contribution in [0.5, 0.6) is 11.5 Å². The monoisotopic (exact) mass is 444 g/mol. The highest BCUT2D eigenvalue weighted by atomic mass is 16.5. The summed E-state index contributed by atoms with van der Waals surface area (Å²) in [4.78, 5) is 9.03. The minimum atomic E-state index is 0.336. The Morgan fingerprint density at radius 3 is 2.24 bits per heavy atom. The Morgan fingerprint density at radius 1 is 0.788 bits per heavy atom. The van der Waals surface area contributed by atoms with Crippen molar-refractivity contribution in [1.29, 1.82) is 0 Å². The molecule has 5 rings (SSSR count). The highest BCUT2D eigenvalue weighted by Gasteiger charge is 2.20. The van der Waals surface area contributed by atoms with Crippen molar-refractivity contribution in [3.63, 3.8) is 0 Å². The third-order valence-electron chi connectivity index (χ3n) is 5.67. The lowest BCUT2D eigenvalue weighted by molar-refractivity contribution is 0.414. The molecule has 0 spiro atoms. The fourth-order valence-electron chi connectivity index (χ4n) is 3.79. The molecule has 2 aromatic heterocycles. The molecular formula is C24H24N6O3. The van der Waals surface area contributed by atoms with Crippen LogP contribution in [0.4, 0.5) is 11.5 Å². The van der Waals surface area contributed by atoms with Gasteiger partial charge in [-0.3, -0.25) is 0 Å². The Hall–Kier alpha value is -4.14. The van der Waals surface area contributed by atoms with Gasteiger partial charge < -0.3 is 23.8 Å². The van der Waals surface area contributed by atoms with E-state index >= 15 is 0 Å². The summed E-state index contributed by atoms with van der Waals surface area (Å²) in [5.41, 5.74) is 2.55. The van der Waals surface area contributed by atoms with Crippen molar-refractivity contribution in [2.24, 2.45) is 0 Å². The number of rotatable bonds is 6. The van der Waals surface area contributed by atoms with Crippen LogP contribution in [0.1, 0.15) is 0 Å². The van der Waals surface area contributed by atoms with Crippen LogP contribution in [-0.2, 0) is 0 Å². The molecule has 0 radical (unpaired) electrons. The zero-order valence-electron chi connectivity index (χ0n) is 18.5. The van der Waals surface area contributed by atoms with Gasteiger partial charge >= 0.3 is 0 Å². The van der Waals surface area contributed by atoms with Gasteiger partial charge in [0.05, 0.1) is 14.2 Å². The van der Waals surface area contributed by atoms with Crippen LogP contribution in [0.2, 0.25) is 0 Å². The number of nitrogens with zero attached hydrogens (tertiary/aromatic N) is 6. The van der Waals surface area contributed by atoms with Crippen LogP contribution in [-0.4, -0.2) is 60.7 Å². The largest absolute Gasteiger partial charge is 0.497 e. The Labute approximate surface area is 191 Å². The van der Waals surface area contributed by atoms with Crippen LogP contribution < -0.4 is 19.3 Å². The van der Waals surface area contributed by atoms with E-state index in [1.807, 2.05) is 48.5 Å². The first-order valence-corrected chi connectivity index (χ1v) is 10.7. The van der Waals surface area contributed by atoms with E-state index in [0.717, 1.165) is 49.1 Å². The third kappa shape index (κ3) is 4.43. The van der Waals surface area contributed by atoms with Gasteiger partial charge in [0.2, 0.25) is 5.82 Å². The summed E-state index contributed by atoms with van der Waals surface area (Å²) in [5, 5.41) is 12.8. The minimum Gasteiger partial charge on any atom is -0.497 e. The van der Waals surface area contributed by atoms with Crippen LogP contribution in [0.3, 0.4) is 0 Å². The maximum Gasteiger partial charge on any atom is 0.278 e. The lowest BCUT2D eigenvalue weighted by Gasteiger charge is -2.36. The van der Waals surface area contributed by atoms with Gasteiger partial charge in [-0.2, -0.15) is 4.98 Å². The molecule has 0 amide bonds. The van der Waals surface area contributed by atoms with Crippen LogP contribution in [0, 0.1) is 0 Å². The Bertz CT molecular complexity index is 1200. The molecule has 168 valence electrons. The zero-order chi connectivity index (χ0) is 22.6. The van der Waals surface area contributed by atoms with E-state index in [-0.39, 0.29) is 0 Å². The Morgan fingerprint density at radius 2 is 1.55 bits per heavy atom. The van der Waals surface area contributed by atoms with E-state index in [2.05, 4.69) is 42.3 Å². The number of aromatic nitrogens is 4. The van der Waals surface area contributed by atoms with Crippen molar-refractivity contribution in [1.82, 2.24) is 20.3 Å². The number of benzene rings is 2.